The number of carbonyl (C=O) groups excluding carboxylic acids is 1. The maximum absolute atomic E-state index is 11.7. The van der Waals surface area contributed by atoms with Gasteiger partial charge in [0.25, 0.3) is 0 Å². The van der Waals surface area contributed by atoms with Gasteiger partial charge in [-0.3, -0.25) is 4.79 Å². The Bertz CT molecular complexity index is 1330. The first-order valence-corrected chi connectivity index (χ1v) is 13.0. The first-order valence-electron chi connectivity index (χ1n) is 12.6. The summed E-state index contributed by atoms with van der Waals surface area (Å²) in [6, 6.07) is 22.6. The number of halogens is 1. The standard InChI is InChI=1S/C31H33ClN2O5/c1-4-26(22-9-6-5-7-10-22)30(27-17-14-24(35)21-28(27)32)23-12-15-25(16-13-23)39-20-19-34(31(37)38)18-8-11-29(36)33(2)3/h5-17,21,35H,4,18-20H2,1-3H3,(H,37,38)/b11-8+,30-26+. The molecule has 0 fully saturated rings. The first-order chi connectivity index (χ1) is 18.7. The van der Waals surface area contributed by atoms with E-state index >= 15 is 0 Å². The Morgan fingerprint density at radius 1 is 0.974 bits per heavy atom. The summed E-state index contributed by atoms with van der Waals surface area (Å²) < 4.78 is 5.82. The molecular weight excluding hydrogens is 516 g/mol. The fourth-order valence-corrected chi connectivity index (χ4v) is 4.32. The van der Waals surface area contributed by atoms with Crippen molar-refractivity contribution < 1.29 is 24.5 Å². The number of carboxylic acid groups (broad SMARTS) is 1. The Morgan fingerprint density at radius 3 is 2.26 bits per heavy atom. The summed E-state index contributed by atoms with van der Waals surface area (Å²) >= 11 is 6.59. The molecule has 8 heteroatoms. The number of hydrogen-bond acceptors (Lipinski definition) is 4. The quantitative estimate of drug-likeness (QED) is 0.213. The van der Waals surface area contributed by atoms with Gasteiger partial charge in [0.1, 0.15) is 18.1 Å². The van der Waals surface area contributed by atoms with Crippen LogP contribution in [-0.4, -0.2) is 65.8 Å². The second kappa shape index (κ2) is 14.1. The summed E-state index contributed by atoms with van der Waals surface area (Å²) in [5.74, 6) is 0.480. The van der Waals surface area contributed by atoms with Crippen molar-refractivity contribution in [2.45, 2.75) is 13.3 Å². The third-order valence-electron chi connectivity index (χ3n) is 6.07. The van der Waals surface area contributed by atoms with E-state index in [0.29, 0.717) is 10.8 Å². The van der Waals surface area contributed by atoms with Gasteiger partial charge in [-0.25, -0.2) is 4.79 Å². The van der Waals surface area contributed by atoms with E-state index in [-0.39, 0.29) is 31.4 Å². The van der Waals surface area contributed by atoms with Gasteiger partial charge in [-0.05, 0) is 59.0 Å². The van der Waals surface area contributed by atoms with E-state index in [0.717, 1.165) is 34.3 Å². The van der Waals surface area contributed by atoms with Crippen molar-refractivity contribution in [2.75, 3.05) is 33.8 Å². The molecule has 3 aromatic carbocycles. The van der Waals surface area contributed by atoms with Gasteiger partial charge in [0.15, 0.2) is 0 Å². The van der Waals surface area contributed by atoms with Crippen LogP contribution in [0.5, 0.6) is 11.5 Å². The Morgan fingerprint density at radius 2 is 1.67 bits per heavy atom. The monoisotopic (exact) mass is 548 g/mol. The van der Waals surface area contributed by atoms with Gasteiger partial charge >= 0.3 is 6.09 Å². The molecule has 39 heavy (non-hydrogen) atoms. The summed E-state index contributed by atoms with van der Waals surface area (Å²) in [4.78, 5) is 25.8. The fraction of sp³-hybridized carbons (Fsp3) is 0.226. The van der Waals surface area contributed by atoms with Crippen LogP contribution in [0.2, 0.25) is 5.02 Å². The minimum Gasteiger partial charge on any atom is -0.508 e. The van der Waals surface area contributed by atoms with Gasteiger partial charge in [0.05, 0.1) is 11.6 Å². The Labute approximate surface area is 234 Å². The number of carbonyl (C=O) groups is 2. The van der Waals surface area contributed by atoms with Crippen LogP contribution in [0.1, 0.15) is 30.0 Å². The van der Waals surface area contributed by atoms with Gasteiger partial charge in [-0.1, -0.05) is 67.1 Å². The van der Waals surface area contributed by atoms with E-state index in [4.69, 9.17) is 16.3 Å². The molecular formula is C31H33ClN2O5. The molecule has 0 aromatic heterocycles. The van der Waals surface area contributed by atoms with Crippen molar-refractivity contribution >= 4 is 34.7 Å². The van der Waals surface area contributed by atoms with E-state index in [1.54, 1.807) is 20.2 Å². The summed E-state index contributed by atoms with van der Waals surface area (Å²) in [6.07, 6.45) is 2.53. The largest absolute Gasteiger partial charge is 0.508 e. The number of ether oxygens (including phenoxy) is 1. The molecule has 204 valence electrons. The molecule has 0 aliphatic carbocycles. The number of phenolic OH excluding ortho intramolecular Hbond substituents is 1. The van der Waals surface area contributed by atoms with E-state index < -0.39 is 6.09 Å². The summed E-state index contributed by atoms with van der Waals surface area (Å²) in [5, 5.41) is 19.8. The van der Waals surface area contributed by atoms with Crippen LogP contribution in [-0.2, 0) is 4.79 Å². The van der Waals surface area contributed by atoms with Crippen LogP contribution >= 0.6 is 11.6 Å². The number of rotatable bonds is 11. The topological polar surface area (TPSA) is 90.3 Å². The second-order valence-electron chi connectivity index (χ2n) is 8.97. The molecule has 0 unspecified atom stereocenters. The van der Waals surface area contributed by atoms with E-state index in [2.05, 4.69) is 19.1 Å². The Balaban J connectivity index is 1.81. The molecule has 0 atom stereocenters. The smallest absolute Gasteiger partial charge is 0.407 e. The molecule has 3 rings (SSSR count). The molecule has 0 saturated carbocycles. The lowest BCUT2D eigenvalue weighted by molar-refractivity contribution is -0.123. The molecule has 0 radical (unpaired) electrons. The molecule has 2 N–H and O–H groups in total. The predicted molar refractivity (Wildman–Crippen MR) is 155 cm³/mol. The van der Waals surface area contributed by atoms with Crippen LogP contribution in [0.4, 0.5) is 4.79 Å². The van der Waals surface area contributed by atoms with Crippen molar-refractivity contribution in [3.8, 4) is 11.5 Å². The molecule has 2 amide bonds. The lowest BCUT2D eigenvalue weighted by Crippen LogP contribution is -2.33. The SMILES string of the molecule is CC/C(=C(/c1ccc(OCCN(C/C=C/C(=O)N(C)C)C(=O)O)cc1)c1ccc(O)cc1Cl)c1ccccc1. The fourth-order valence-electron chi connectivity index (χ4n) is 4.05. The van der Waals surface area contributed by atoms with Crippen molar-refractivity contribution in [2.24, 2.45) is 0 Å². The number of hydrogen-bond donors (Lipinski definition) is 2. The van der Waals surface area contributed by atoms with Crippen LogP contribution in [0.3, 0.4) is 0 Å². The number of allylic oxidation sites excluding steroid dienone is 1. The molecule has 0 bridgehead atoms. The average molecular weight is 549 g/mol. The maximum Gasteiger partial charge on any atom is 0.407 e. The van der Waals surface area contributed by atoms with Crippen molar-refractivity contribution in [1.82, 2.24) is 9.80 Å². The second-order valence-corrected chi connectivity index (χ2v) is 9.38. The number of phenols is 1. The van der Waals surface area contributed by atoms with Crippen molar-refractivity contribution in [1.29, 1.82) is 0 Å². The molecule has 3 aromatic rings. The number of nitrogens with zero attached hydrogens (tertiary/aromatic N) is 2. The number of amides is 2. The van der Waals surface area contributed by atoms with Gasteiger partial charge in [-0.15, -0.1) is 0 Å². The van der Waals surface area contributed by atoms with Gasteiger partial charge in [0, 0.05) is 32.3 Å². The minimum absolute atomic E-state index is 0.0814. The van der Waals surface area contributed by atoms with E-state index in [1.807, 2.05) is 48.5 Å². The molecule has 0 saturated heterocycles. The van der Waals surface area contributed by atoms with Crippen molar-refractivity contribution in [3.05, 3.63) is 107 Å². The minimum atomic E-state index is -1.09. The number of benzene rings is 3. The average Bonchev–Trinajstić information content (AvgIpc) is 2.92. The first kappa shape index (κ1) is 29.3. The molecule has 0 spiro atoms. The zero-order valence-corrected chi connectivity index (χ0v) is 23.1. The molecule has 0 heterocycles. The maximum atomic E-state index is 11.7. The van der Waals surface area contributed by atoms with Crippen molar-refractivity contribution in [3.63, 3.8) is 0 Å². The van der Waals surface area contributed by atoms with Crippen LogP contribution < -0.4 is 4.74 Å². The van der Waals surface area contributed by atoms with Gasteiger partial charge in [-0.2, -0.15) is 0 Å². The predicted octanol–water partition coefficient (Wildman–Crippen LogP) is 6.42. The zero-order chi connectivity index (χ0) is 28.4. The summed E-state index contributed by atoms with van der Waals surface area (Å²) in [5.41, 5.74) is 4.88. The van der Waals surface area contributed by atoms with Gasteiger partial charge < -0.3 is 24.7 Å². The van der Waals surface area contributed by atoms with E-state index in [9.17, 15) is 19.8 Å². The molecule has 7 nitrogen and oxygen atoms in total. The van der Waals surface area contributed by atoms with E-state index in [1.165, 1.54) is 28.0 Å². The Hall–Kier alpha value is -4.23. The highest BCUT2D eigenvalue weighted by Gasteiger charge is 2.16. The highest BCUT2D eigenvalue weighted by Crippen LogP contribution is 2.39. The third kappa shape index (κ3) is 8.12. The zero-order valence-electron chi connectivity index (χ0n) is 22.3. The van der Waals surface area contributed by atoms with Crippen LogP contribution in [0, 0.1) is 0 Å². The summed E-state index contributed by atoms with van der Waals surface area (Å²) in [6.45, 7) is 2.46. The number of likely N-dealkylation sites (N-methyl/N-ethyl adjacent to an activating group) is 1. The highest BCUT2D eigenvalue weighted by atomic mass is 35.5. The van der Waals surface area contributed by atoms with Gasteiger partial charge in [0.2, 0.25) is 5.91 Å². The third-order valence-corrected chi connectivity index (χ3v) is 6.38. The van der Waals surface area contributed by atoms with Crippen LogP contribution in [0.25, 0.3) is 11.1 Å². The highest BCUT2D eigenvalue weighted by molar-refractivity contribution is 6.33. The summed E-state index contributed by atoms with van der Waals surface area (Å²) in [7, 11) is 3.26. The Kier molecular flexibility index (Phi) is 10.6. The molecule has 0 aliphatic heterocycles. The number of aromatic hydroxyl groups is 1. The normalized spacial score (nSPS) is 11.7. The lowest BCUT2D eigenvalue weighted by Gasteiger charge is -2.19. The lowest BCUT2D eigenvalue weighted by atomic mass is 9.88. The van der Waals surface area contributed by atoms with Crippen LogP contribution in [0.15, 0.2) is 84.9 Å². The molecule has 0 aliphatic rings.